The molecule has 0 bridgehead atoms. The van der Waals surface area contributed by atoms with E-state index in [0.29, 0.717) is 32.5 Å². The van der Waals surface area contributed by atoms with E-state index < -0.39 is 0 Å². The molecule has 2 heterocycles. The number of benzene rings is 1. The SMILES string of the molecule is C=CCN(C(=O)C1CCN(C(=O)/C=C/c2ccccc2)CC1)c1nc2c(s1)CCCC2. The summed E-state index contributed by atoms with van der Waals surface area (Å²) in [5.41, 5.74) is 2.17. The monoisotopic (exact) mass is 435 g/mol. The van der Waals surface area contributed by atoms with Crippen LogP contribution in [0.5, 0.6) is 0 Å². The van der Waals surface area contributed by atoms with Gasteiger partial charge in [0.15, 0.2) is 5.13 Å². The number of likely N-dealkylation sites (tertiary alicyclic amines) is 1. The van der Waals surface area contributed by atoms with E-state index in [4.69, 9.17) is 4.98 Å². The van der Waals surface area contributed by atoms with Gasteiger partial charge in [-0.1, -0.05) is 36.4 Å². The predicted molar refractivity (Wildman–Crippen MR) is 126 cm³/mol. The van der Waals surface area contributed by atoms with Crippen molar-refractivity contribution < 1.29 is 9.59 Å². The third kappa shape index (κ3) is 5.13. The molecule has 2 aromatic rings. The number of rotatable bonds is 6. The fourth-order valence-electron chi connectivity index (χ4n) is 4.25. The standard InChI is InChI=1S/C25H29N3O2S/c1-2-16-28(25-26-21-10-6-7-11-22(21)31-25)24(30)20-14-17-27(18-15-20)23(29)13-12-19-8-4-3-5-9-19/h2-5,8-9,12-13,20H,1,6-7,10-11,14-18H2/b13-12+. The van der Waals surface area contributed by atoms with Crippen LogP contribution in [0.15, 0.2) is 49.1 Å². The molecular formula is C25H29N3O2S. The Morgan fingerprint density at radius 2 is 1.90 bits per heavy atom. The summed E-state index contributed by atoms with van der Waals surface area (Å²) in [4.78, 5) is 35.6. The quantitative estimate of drug-likeness (QED) is 0.496. The maximum atomic E-state index is 13.3. The van der Waals surface area contributed by atoms with Crippen LogP contribution in [-0.4, -0.2) is 41.3 Å². The molecule has 2 aliphatic rings. The van der Waals surface area contributed by atoms with E-state index in [2.05, 4.69) is 6.58 Å². The molecule has 1 fully saturated rings. The summed E-state index contributed by atoms with van der Waals surface area (Å²) < 4.78 is 0. The number of piperidine rings is 1. The molecule has 5 nitrogen and oxygen atoms in total. The summed E-state index contributed by atoms with van der Waals surface area (Å²) in [7, 11) is 0. The van der Waals surface area contributed by atoms with E-state index >= 15 is 0 Å². The summed E-state index contributed by atoms with van der Waals surface area (Å²) in [5.74, 6) is 0.0336. The molecule has 0 unspecified atom stereocenters. The Labute approximate surface area is 188 Å². The number of nitrogens with zero attached hydrogens (tertiary/aromatic N) is 3. The van der Waals surface area contributed by atoms with Gasteiger partial charge >= 0.3 is 0 Å². The van der Waals surface area contributed by atoms with E-state index in [0.717, 1.165) is 23.5 Å². The number of aryl methyl sites for hydroxylation is 2. The number of thiazole rings is 1. The maximum absolute atomic E-state index is 13.3. The second-order valence-electron chi connectivity index (χ2n) is 8.15. The molecule has 1 saturated heterocycles. The molecule has 1 aromatic heterocycles. The summed E-state index contributed by atoms with van der Waals surface area (Å²) in [5, 5.41) is 0.807. The zero-order valence-electron chi connectivity index (χ0n) is 17.8. The van der Waals surface area contributed by atoms with Gasteiger partial charge in [0.1, 0.15) is 0 Å². The highest BCUT2D eigenvalue weighted by atomic mass is 32.1. The lowest BCUT2D eigenvalue weighted by Gasteiger charge is -2.33. The second kappa shape index (κ2) is 10.1. The van der Waals surface area contributed by atoms with Gasteiger partial charge in [-0.05, 0) is 50.2 Å². The smallest absolute Gasteiger partial charge is 0.246 e. The normalized spacial score (nSPS) is 16.8. The van der Waals surface area contributed by atoms with Crippen molar-refractivity contribution in [1.82, 2.24) is 9.88 Å². The highest BCUT2D eigenvalue weighted by Crippen LogP contribution is 2.33. The van der Waals surface area contributed by atoms with Crippen LogP contribution in [0.4, 0.5) is 5.13 Å². The van der Waals surface area contributed by atoms with Gasteiger partial charge in [0.05, 0.1) is 5.69 Å². The third-order valence-corrected chi connectivity index (χ3v) is 7.20. The van der Waals surface area contributed by atoms with Gasteiger partial charge < -0.3 is 4.90 Å². The molecular weight excluding hydrogens is 406 g/mol. The summed E-state index contributed by atoms with van der Waals surface area (Å²) >= 11 is 1.66. The predicted octanol–water partition coefficient (Wildman–Crippen LogP) is 4.49. The zero-order chi connectivity index (χ0) is 21.6. The Kier molecular flexibility index (Phi) is 6.97. The minimum atomic E-state index is -0.0805. The molecule has 162 valence electrons. The fourth-order valence-corrected chi connectivity index (χ4v) is 5.41. The average molecular weight is 436 g/mol. The van der Waals surface area contributed by atoms with Crippen molar-refractivity contribution in [3.8, 4) is 0 Å². The van der Waals surface area contributed by atoms with Crippen LogP contribution in [0.25, 0.3) is 6.08 Å². The molecule has 6 heteroatoms. The van der Waals surface area contributed by atoms with Crippen LogP contribution in [-0.2, 0) is 22.4 Å². The molecule has 1 aliphatic carbocycles. The number of carbonyl (C=O) groups excluding carboxylic acids is 2. The van der Waals surface area contributed by atoms with Crippen LogP contribution in [0.1, 0.15) is 41.8 Å². The summed E-state index contributed by atoms with van der Waals surface area (Å²) in [6, 6.07) is 9.81. The molecule has 1 aliphatic heterocycles. The Bertz CT molecular complexity index is 935. The van der Waals surface area contributed by atoms with E-state index in [1.807, 2.05) is 41.3 Å². The van der Waals surface area contributed by atoms with Gasteiger partial charge in [-0.2, -0.15) is 0 Å². The Hall–Kier alpha value is -2.73. The molecule has 0 atom stereocenters. The van der Waals surface area contributed by atoms with Gasteiger partial charge in [0, 0.05) is 36.5 Å². The Balaban J connectivity index is 1.37. The molecule has 0 spiro atoms. The molecule has 0 radical (unpaired) electrons. The van der Waals surface area contributed by atoms with Crippen molar-refractivity contribution in [2.45, 2.75) is 38.5 Å². The molecule has 0 N–H and O–H groups in total. The van der Waals surface area contributed by atoms with Crippen molar-refractivity contribution >= 4 is 34.4 Å². The van der Waals surface area contributed by atoms with Crippen molar-refractivity contribution in [3.05, 3.63) is 65.2 Å². The van der Waals surface area contributed by atoms with Crippen LogP contribution in [0.2, 0.25) is 0 Å². The number of fused-ring (bicyclic) bond motifs is 1. The first-order valence-electron chi connectivity index (χ1n) is 11.1. The van der Waals surface area contributed by atoms with Crippen LogP contribution < -0.4 is 4.90 Å². The highest BCUT2D eigenvalue weighted by Gasteiger charge is 2.31. The number of amides is 2. The van der Waals surface area contributed by atoms with E-state index in [9.17, 15) is 9.59 Å². The number of carbonyl (C=O) groups is 2. The number of aromatic nitrogens is 1. The molecule has 0 saturated carbocycles. The molecule has 1 aromatic carbocycles. The highest BCUT2D eigenvalue weighted by molar-refractivity contribution is 7.16. The topological polar surface area (TPSA) is 53.5 Å². The largest absolute Gasteiger partial charge is 0.339 e. The Morgan fingerprint density at radius 1 is 1.16 bits per heavy atom. The van der Waals surface area contributed by atoms with Crippen molar-refractivity contribution in [1.29, 1.82) is 0 Å². The maximum Gasteiger partial charge on any atom is 0.246 e. The van der Waals surface area contributed by atoms with Crippen molar-refractivity contribution in [2.24, 2.45) is 5.92 Å². The average Bonchev–Trinajstić information content (AvgIpc) is 3.25. The first kappa shape index (κ1) is 21.5. The third-order valence-electron chi connectivity index (χ3n) is 6.02. The lowest BCUT2D eigenvalue weighted by molar-refractivity contribution is -0.130. The second-order valence-corrected chi connectivity index (χ2v) is 9.22. The number of hydrogen-bond acceptors (Lipinski definition) is 4. The fraction of sp³-hybridized carbons (Fsp3) is 0.400. The first-order chi connectivity index (χ1) is 15.2. The van der Waals surface area contributed by atoms with Crippen molar-refractivity contribution in [3.63, 3.8) is 0 Å². The number of anilines is 1. The Morgan fingerprint density at radius 3 is 2.61 bits per heavy atom. The summed E-state index contributed by atoms with van der Waals surface area (Å²) in [6.45, 7) is 5.52. The summed E-state index contributed by atoms with van der Waals surface area (Å²) in [6.07, 6.45) is 11.1. The lowest BCUT2D eigenvalue weighted by Crippen LogP contribution is -2.44. The zero-order valence-corrected chi connectivity index (χ0v) is 18.7. The van der Waals surface area contributed by atoms with Gasteiger partial charge in [-0.15, -0.1) is 17.9 Å². The van der Waals surface area contributed by atoms with Gasteiger partial charge in [0.25, 0.3) is 0 Å². The van der Waals surface area contributed by atoms with E-state index in [1.54, 1.807) is 28.4 Å². The van der Waals surface area contributed by atoms with E-state index in [1.165, 1.54) is 23.4 Å². The molecule has 2 amide bonds. The van der Waals surface area contributed by atoms with Gasteiger partial charge in [0.2, 0.25) is 11.8 Å². The first-order valence-corrected chi connectivity index (χ1v) is 11.9. The van der Waals surface area contributed by atoms with Gasteiger partial charge in [-0.3, -0.25) is 14.5 Å². The van der Waals surface area contributed by atoms with E-state index in [-0.39, 0.29) is 17.7 Å². The van der Waals surface area contributed by atoms with Crippen LogP contribution in [0.3, 0.4) is 0 Å². The molecule has 4 rings (SSSR count). The minimum absolute atomic E-state index is 0.00491. The lowest BCUT2D eigenvalue weighted by atomic mass is 9.95. The number of hydrogen-bond donors (Lipinski definition) is 0. The van der Waals surface area contributed by atoms with Crippen molar-refractivity contribution in [2.75, 3.05) is 24.5 Å². The van der Waals surface area contributed by atoms with Crippen LogP contribution >= 0.6 is 11.3 Å². The van der Waals surface area contributed by atoms with Crippen LogP contribution in [0, 0.1) is 5.92 Å². The minimum Gasteiger partial charge on any atom is -0.339 e. The molecule has 31 heavy (non-hydrogen) atoms. The van der Waals surface area contributed by atoms with Gasteiger partial charge in [-0.25, -0.2) is 4.98 Å².